The number of rotatable bonds is 6. The fourth-order valence-electron chi connectivity index (χ4n) is 4.52. The molecule has 8 heteroatoms. The van der Waals surface area contributed by atoms with Crippen molar-refractivity contribution in [1.82, 2.24) is 15.0 Å². The molecule has 0 radical (unpaired) electrons. The number of aromatic nitrogens is 1. The molecule has 1 N–H and O–H groups in total. The maximum absolute atomic E-state index is 14.8. The molecule has 1 atom stereocenters. The molecule has 0 bridgehead atoms. The van der Waals surface area contributed by atoms with Crippen molar-refractivity contribution in [3.8, 4) is 0 Å². The van der Waals surface area contributed by atoms with Crippen LogP contribution < -0.4 is 0 Å². The number of benzene rings is 2. The molecule has 2 amide bonds. The molecule has 0 saturated carbocycles. The minimum atomic E-state index is -0.837. The predicted molar refractivity (Wildman–Crippen MR) is 125 cm³/mol. The van der Waals surface area contributed by atoms with Gasteiger partial charge in [0.25, 0.3) is 0 Å². The monoisotopic (exact) mass is 469 g/mol. The Hall–Kier alpha value is -3.19. The van der Waals surface area contributed by atoms with Gasteiger partial charge in [0.05, 0.1) is 12.6 Å². The Kier molecular flexibility index (Phi) is 6.79. The average molecular weight is 470 g/mol. The van der Waals surface area contributed by atoms with E-state index in [4.69, 9.17) is 11.6 Å². The van der Waals surface area contributed by atoms with Crippen LogP contribution in [0.5, 0.6) is 0 Å². The van der Waals surface area contributed by atoms with E-state index in [1.54, 1.807) is 24.3 Å². The number of piperidine rings is 1. The van der Waals surface area contributed by atoms with E-state index in [1.807, 2.05) is 24.3 Å². The molecule has 1 saturated heterocycles. The van der Waals surface area contributed by atoms with Gasteiger partial charge >= 0.3 is 6.03 Å². The van der Waals surface area contributed by atoms with Gasteiger partial charge in [-0.15, -0.1) is 0 Å². The number of Topliss-reactive ketones (excluding diaryl/α,β-unsaturated/α-hetero) is 2. The molecule has 172 valence electrons. The minimum absolute atomic E-state index is 0.0291. The number of hydrogen-bond acceptors (Lipinski definition) is 3. The summed E-state index contributed by atoms with van der Waals surface area (Å²) in [5, 5.41) is 1.35. The van der Waals surface area contributed by atoms with Gasteiger partial charge in [-0.2, -0.15) is 5.12 Å². The third-order valence-corrected chi connectivity index (χ3v) is 6.26. The first-order valence-electron chi connectivity index (χ1n) is 11.0. The summed E-state index contributed by atoms with van der Waals surface area (Å²) in [6, 6.07) is 12.4. The first kappa shape index (κ1) is 23.0. The van der Waals surface area contributed by atoms with Crippen molar-refractivity contribution in [3.05, 3.63) is 70.4 Å². The van der Waals surface area contributed by atoms with E-state index in [0.29, 0.717) is 41.2 Å². The third-order valence-electron chi connectivity index (χ3n) is 6.02. The van der Waals surface area contributed by atoms with E-state index in [0.717, 1.165) is 17.3 Å². The highest BCUT2D eigenvalue weighted by atomic mass is 35.5. The van der Waals surface area contributed by atoms with Crippen LogP contribution in [0, 0.1) is 0 Å². The Balaban J connectivity index is 1.53. The molecule has 0 spiro atoms. The Morgan fingerprint density at radius 3 is 2.70 bits per heavy atom. The van der Waals surface area contributed by atoms with Gasteiger partial charge in [-0.3, -0.25) is 9.59 Å². The number of ketones is 2. The molecular formula is C25H25ClFN3O3. The zero-order valence-electron chi connectivity index (χ0n) is 18.3. The number of carbonyl (C=O) groups is 3. The van der Waals surface area contributed by atoms with Crippen LogP contribution in [-0.4, -0.2) is 45.2 Å². The van der Waals surface area contributed by atoms with Crippen molar-refractivity contribution in [1.29, 1.82) is 0 Å². The van der Waals surface area contributed by atoms with E-state index < -0.39 is 12.1 Å². The van der Waals surface area contributed by atoms with Crippen molar-refractivity contribution in [3.63, 3.8) is 0 Å². The van der Waals surface area contributed by atoms with Crippen LogP contribution in [0.3, 0.4) is 0 Å². The lowest BCUT2D eigenvalue weighted by atomic mass is 9.94. The topological polar surface area (TPSA) is 73.5 Å². The zero-order chi connectivity index (χ0) is 23.5. The fourth-order valence-corrected chi connectivity index (χ4v) is 4.74. The SMILES string of the molecule is CC(=O)c1c(CC(=O)[C@@H]2CCCCN2C(=O)N(F)Cc2cccc(Cl)c2)[nH]c2ccccc12. The Morgan fingerprint density at radius 1 is 1.15 bits per heavy atom. The van der Waals surface area contributed by atoms with Gasteiger partial charge in [-0.05, 0) is 49.9 Å². The second-order valence-corrected chi connectivity index (χ2v) is 8.80. The number of aromatic amines is 1. The molecule has 4 rings (SSSR count). The summed E-state index contributed by atoms with van der Waals surface area (Å²) in [6.45, 7) is 1.52. The van der Waals surface area contributed by atoms with Crippen LogP contribution in [0.4, 0.5) is 9.28 Å². The Morgan fingerprint density at radius 2 is 1.94 bits per heavy atom. The highest BCUT2D eigenvalue weighted by Crippen LogP contribution is 2.26. The maximum Gasteiger partial charge on any atom is 0.349 e. The van der Waals surface area contributed by atoms with Crippen molar-refractivity contribution >= 4 is 40.1 Å². The van der Waals surface area contributed by atoms with Gasteiger partial charge in [0, 0.05) is 40.1 Å². The van der Waals surface area contributed by atoms with Crippen LogP contribution in [0.25, 0.3) is 10.9 Å². The summed E-state index contributed by atoms with van der Waals surface area (Å²) in [7, 11) is 0. The fraction of sp³-hybridized carbons (Fsp3) is 0.320. The number of amides is 2. The highest BCUT2D eigenvalue weighted by Gasteiger charge is 2.35. The quantitative estimate of drug-likeness (QED) is 0.383. The lowest BCUT2D eigenvalue weighted by molar-refractivity contribution is -0.124. The summed E-state index contributed by atoms with van der Waals surface area (Å²) < 4.78 is 14.8. The zero-order valence-corrected chi connectivity index (χ0v) is 19.1. The predicted octanol–water partition coefficient (Wildman–Crippen LogP) is 5.50. The molecule has 6 nitrogen and oxygen atoms in total. The number of carbonyl (C=O) groups excluding carboxylic acids is 3. The van der Waals surface area contributed by atoms with E-state index in [-0.39, 0.29) is 29.7 Å². The van der Waals surface area contributed by atoms with Gasteiger partial charge in [-0.25, -0.2) is 4.79 Å². The summed E-state index contributed by atoms with van der Waals surface area (Å²) in [6.07, 6.45) is 1.91. The number of fused-ring (bicyclic) bond motifs is 1. The largest absolute Gasteiger partial charge is 0.357 e. The number of likely N-dealkylation sites (tertiary alicyclic amines) is 1. The average Bonchev–Trinajstić information content (AvgIpc) is 3.16. The van der Waals surface area contributed by atoms with Crippen molar-refractivity contribution in [2.24, 2.45) is 0 Å². The summed E-state index contributed by atoms with van der Waals surface area (Å²) in [4.78, 5) is 43.0. The molecule has 1 aromatic heterocycles. The van der Waals surface area contributed by atoms with Crippen molar-refractivity contribution in [2.45, 2.75) is 45.2 Å². The summed E-state index contributed by atoms with van der Waals surface area (Å²) >= 11 is 5.95. The van der Waals surface area contributed by atoms with E-state index in [2.05, 4.69) is 4.98 Å². The van der Waals surface area contributed by atoms with E-state index in [9.17, 15) is 18.9 Å². The van der Waals surface area contributed by atoms with Crippen LogP contribution in [0.15, 0.2) is 48.5 Å². The standard InChI is InChI=1S/C25H25ClFN3O3/c1-16(31)24-19-9-2-3-10-20(19)28-21(24)14-23(32)22-11-4-5-12-29(22)25(33)30(27)15-17-7-6-8-18(26)13-17/h2-3,6-10,13,22,28H,4-5,11-12,14-15H2,1H3/t22-/m0/s1. The molecular weight excluding hydrogens is 445 g/mol. The first-order valence-corrected chi connectivity index (χ1v) is 11.3. The third kappa shape index (κ3) is 4.93. The molecule has 2 aromatic carbocycles. The Labute approximate surface area is 196 Å². The van der Waals surface area contributed by atoms with Crippen molar-refractivity contribution in [2.75, 3.05) is 6.54 Å². The molecule has 1 aliphatic rings. The lowest BCUT2D eigenvalue weighted by Crippen LogP contribution is -2.51. The van der Waals surface area contributed by atoms with Gasteiger partial charge < -0.3 is 9.88 Å². The second kappa shape index (κ2) is 9.75. The van der Waals surface area contributed by atoms with E-state index >= 15 is 0 Å². The molecule has 0 aliphatic carbocycles. The first-order chi connectivity index (χ1) is 15.8. The molecule has 2 heterocycles. The number of nitrogens with zero attached hydrogens (tertiary/aromatic N) is 2. The second-order valence-electron chi connectivity index (χ2n) is 8.36. The van der Waals surface area contributed by atoms with Gasteiger partial charge in [-0.1, -0.05) is 46.4 Å². The number of H-pyrrole nitrogens is 1. The number of para-hydroxylation sites is 1. The van der Waals surface area contributed by atoms with Gasteiger partial charge in [0.1, 0.15) is 0 Å². The number of hydrogen-bond donors (Lipinski definition) is 1. The summed E-state index contributed by atoms with van der Waals surface area (Å²) in [5.74, 6) is -0.350. The molecule has 3 aromatic rings. The minimum Gasteiger partial charge on any atom is -0.357 e. The number of halogens is 2. The number of urea groups is 1. The molecule has 1 aliphatic heterocycles. The Bertz CT molecular complexity index is 1210. The van der Waals surface area contributed by atoms with Gasteiger partial charge in [0.15, 0.2) is 11.6 Å². The van der Waals surface area contributed by atoms with Crippen LogP contribution in [0.1, 0.15) is 47.8 Å². The molecule has 0 unspecified atom stereocenters. The van der Waals surface area contributed by atoms with Crippen LogP contribution >= 0.6 is 11.6 Å². The normalized spacial score (nSPS) is 16.1. The van der Waals surface area contributed by atoms with Crippen LogP contribution in [-0.2, 0) is 17.8 Å². The maximum atomic E-state index is 14.8. The number of nitrogens with one attached hydrogen (secondary N) is 1. The summed E-state index contributed by atoms with van der Waals surface area (Å²) in [5.41, 5.74) is 2.35. The molecule has 33 heavy (non-hydrogen) atoms. The van der Waals surface area contributed by atoms with Crippen molar-refractivity contribution < 1.29 is 18.9 Å². The van der Waals surface area contributed by atoms with Gasteiger partial charge in [0.2, 0.25) is 0 Å². The van der Waals surface area contributed by atoms with Crippen LogP contribution in [0.2, 0.25) is 5.02 Å². The lowest BCUT2D eigenvalue weighted by Gasteiger charge is -2.35. The van der Waals surface area contributed by atoms with E-state index in [1.165, 1.54) is 11.8 Å². The highest BCUT2D eigenvalue weighted by molar-refractivity contribution is 6.30. The molecule has 1 fully saturated rings. The smallest absolute Gasteiger partial charge is 0.349 e.